The summed E-state index contributed by atoms with van der Waals surface area (Å²) < 4.78 is 0. The van der Waals surface area contributed by atoms with Crippen molar-refractivity contribution in [2.24, 2.45) is 0 Å². The lowest BCUT2D eigenvalue weighted by Gasteiger charge is -1.97. The molecule has 1 aromatic rings. The van der Waals surface area contributed by atoms with E-state index < -0.39 is 16.6 Å². The second-order valence-corrected chi connectivity index (χ2v) is 2.19. The lowest BCUT2D eigenvalue weighted by molar-refractivity contribution is -0.385. The summed E-state index contributed by atoms with van der Waals surface area (Å²) in [5, 5.41) is 18.7. The highest BCUT2D eigenvalue weighted by Gasteiger charge is 2.14. The van der Waals surface area contributed by atoms with Crippen molar-refractivity contribution < 1.29 is 14.8 Å². The molecule has 0 aliphatic heterocycles. The zero-order valence-electron chi connectivity index (χ0n) is 8.30. The molecule has 0 saturated carbocycles. The Morgan fingerprint density at radius 2 is 2.13 bits per heavy atom. The third kappa shape index (κ3) is 3.22. The largest absolute Gasteiger partial charge is 0.478 e. The normalized spacial score (nSPS) is 8.67. The average Bonchev–Trinajstić information content (AvgIpc) is 2.20. The highest BCUT2D eigenvalue weighted by Crippen LogP contribution is 2.16. The van der Waals surface area contributed by atoms with Gasteiger partial charge >= 0.3 is 5.97 Å². The van der Waals surface area contributed by atoms with E-state index in [4.69, 9.17) is 10.8 Å². The first-order valence-corrected chi connectivity index (χ1v) is 4.15. The summed E-state index contributed by atoms with van der Waals surface area (Å²) in [7, 11) is 0. The zero-order valence-corrected chi connectivity index (χ0v) is 8.30. The summed E-state index contributed by atoms with van der Waals surface area (Å²) in [6.07, 6.45) is 0.905. The average molecular weight is 213 g/mol. The standard InChI is InChI=1S/C6H5N3O4.C2H6/c7-5-4(6(10)11)1-3(2-8-5)9(12)13;1-2/h1-2H,(H2,7,8)(H,10,11);1-2H3. The number of aromatic carboxylic acids is 1. The van der Waals surface area contributed by atoms with Crippen LogP contribution in [-0.4, -0.2) is 21.0 Å². The summed E-state index contributed by atoms with van der Waals surface area (Å²) in [6, 6.07) is 0.866. The van der Waals surface area contributed by atoms with E-state index in [2.05, 4.69) is 4.98 Å². The van der Waals surface area contributed by atoms with Crippen LogP contribution < -0.4 is 5.73 Å². The predicted octanol–water partition coefficient (Wildman–Crippen LogP) is 1.30. The van der Waals surface area contributed by atoms with Crippen molar-refractivity contribution in [3.05, 3.63) is 27.9 Å². The number of pyridine rings is 1. The van der Waals surface area contributed by atoms with Gasteiger partial charge in [0.1, 0.15) is 17.6 Å². The summed E-state index contributed by atoms with van der Waals surface area (Å²) in [5.41, 5.74) is 4.41. The second-order valence-electron chi connectivity index (χ2n) is 2.19. The van der Waals surface area contributed by atoms with E-state index >= 15 is 0 Å². The Morgan fingerprint density at radius 3 is 2.53 bits per heavy atom. The van der Waals surface area contributed by atoms with Crippen LogP contribution in [0.2, 0.25) is 0 Å². The maximum absolute atomic E-state index is 10.5. The van der Waals surface area contributed by atoms with Gasteiger partial charge in [0, 0.05) is 6.07 Å². The van der Waals surface area contributed by atoms with Gasteiger partial charge < -0.3 is 10.8 Å². The summed E-state index contributed by atoms with van der Waals surface area (Å²) in [6.45, 7) is 4.00. The molecule has 7 heteroatoms. The van der Waals surface area contributed by atoms with E-state index in [0.717, 1.165) is 12.3 Å². The number of carbonyl (C=O) groups is 1. The monoisotopic (exact) mass is 213 g/mol. The van der Waals surface area contributed by atoms with Gasteiger partial charge in [0.2, 0.25) is 0 Å². The molecule has 1 rings (SSSR count). The maximum atomic E-state index is 10.5. The van der Waals surface area contributed by atoms with Crippen molar-refractivity contribution in [1.29, 1.82) is 0 Å². The van der Waals surface area contributed by atoms with E-state index in [9.17, 15) is 14.9 Å². The van der Waals surface area contributed by atoms with E-state index in [-0.39, 0.29) is 11.4 Å². The number of nitro groups is 1. The molecule has 1 aromatic heterocycles. The Balaban J connectivity index is 0.000000921. The van der Waals surface area contributed by atoms with Gasteiger partial charge in [0.05, 0.1) is 4.92 Å². The third-order valence-electron chi connectivity index (χ3n) is 1.35. The number of carboxylic acids is 1. The number of nitrogen functional groups attached to an aromatic ring is 1. The van der Waals surface area contributed by atoms with Gasteiger partial charge in [0.25, 0.3) is 5.69 Å². The fraction of sp³-hybridized carbons (Fsp3) is 0.250. The van der Waals surface area contributed by atoms with Gasteiger partial charge in [-0.15, -0.1) is 0 Å². The molecule has 0 aliphatic carbocycles. The number of nitrogens with two attached hydrogens (primary N) is 1. The Hall–Kier alpha value is -2.18. The highest BCUT2D eigenvalue weighted by molar-refractivity contribution is 5.93. The van der Waals surface area contributed by atoms with Crippen molar-refractivity contribution in [3.8, 4) is 0 Å². The minimum atomic E-state index is -1.34. The van der Waals surface area contributed by atoms with Crippen molar-refractivity contribution in [1.82, 2.24) is 4.98 Å². The summed E-state index contributed by atoms with van der Waals surface area (Å²) in [5.74, 6) is -1.58. The quantitative estimate of drug-likeness (QED) is 0.564. The Kier molecular flexibility index (Phi) is 4.73. The first-order valence-electron chi connectivity index (χ1n) is 4.15. The van der Waals surface area contributed by atoms with Crippen molar-refractivity contribution in [2.45, 2.75) is 13.8 Å². The molecular weight excluding hydrogens is 202 g/mol. The fourth-order valence-electron chi connectivity index (χ4n) is 0.735. The fourth-order valence-corrected chi connectivity index (χ4v) is 0.735. The van der Waals surface area contributed by atoms with Crippen molar-refractivity contribution in [3.63, 3.8) is 0 Å². The van der Waals surface area contributed by atoms with E-state index in [1.54, 1.807) is 0 Å². The van der Waals surface area contributed by atoms with Crippen LogP contribution >= 0.6 is 0 Å². The molecule has 0 fully saturated rings. The smallest absolute Gasteiger partial charge is 0.339 e. The predicted molar refractivity (Wildman–Crippen MR) is 53.6 cm³/mol. The molecule has 0 unspecified atom stereocenters. The maximum Gasteiger partial charge on any atom is 0.339 e. The van der Waals surface area contributed by atoms with Gasteiger partial charge in [-0.05, 0) is 0 Å². The van der Waals surface area contributed by atoms with E-state index in [0.29, 0.717) is 0 Å². The van der Waals surface area contributed by atoms with Crippen molar-refractivity contribution >= 4 is 17.5 Å². The third-order valence-corrected chi connectivity index (χ3v) is 1.35. The van der Waals surface area contributed by atoms with Gasteiger partial charge in [-0.2, -0.15) is 0 Å². The molecule has 0 atom stereocenters. The molecule has 7 nitrogen and oxygen atoms in total. The molecule has 0 aliphatic rings. The summed E-state index contributed by atoms with van der Waals surface area (Å²) in [4.78, 5) is 23.3. The van der Waals surface area contributed by atoms with Gasteiger partial charge in [-0.25, -0.2) is 9.78 Å². The van der Waals surface area contributed by atoms with Crippen LogP contribution in [0.3, 0.4) is 0 Å². The number of anilines is 1. The summed E-state index contributed by atoms with van der Waals surface area (Å²) >= 11 is 0. The first-order chi connectivity index (χ1) is 7.02. The molecule has 0 spiro atoms. The van der Waals surface area contributed by atoms with Crippen LogP contribution in [0.15, 0.2) is 12.3 Å². The Labute approximate surface area is 85.7 Å². The SMILES string of the molecule is CC.Nc1ncc([N+](=O)[O-])cc1C(=O)O. The minimum absolute atomic E-state index is 0.238. The topological polar surface area (TPSA) is 119 Å². The van der Waals surface area contributed by atoms with Crippen LogP contribution in [-0.2, 0) is 0 Å². The van der Waals surface area contributed by atoms with Crippen molar-refractivity contribution in [2.75, 3.05) is 5.73 Å². The second kappa shape index (κ2) is 5.53. The molecule has 3 N–H and O–H groups in total. The number of carboxylic acid groups (broad SMARTS) is 1. The molecule has 15 heavy (non-hydrogen) atoms. The number of hydrogen-bond donors (Lipinski definition) is 2. The van der Waals surface area contributed by atoms with Crippen LogP contribution in [0.1, 0.15) is 24.2 Å². The Morgan fingerprint density at radius 1 is 1.60 bits per heavy atom. The molecule has 0 amide bonds. The van der Waals surface area contributed by atoms with Gasteiger partial charge in [-0.1, -0.05) is 13.8 Å². The Bertz CT molecular complexity index is 378. The minimum Gasteiger partial charge on any atom is -0.478 e. The number of rotatable bonds is 2. The van der Waals surface area contributed by atoms with Gasteiger partial charge in [-0.3, -0.25) is 10.1 Å². The molecule has 0 aromatic carbocycles. The first kappa shape index (κ1) is 12.8. The van der Waals surface area contributed by atoms with Crippen LogP contribution in [0.4, 0.5) is 11.5 Å². The zero-order chi connectivity index (χ0) is 12.0. The number of aromatic nitrogens is 1. The van der Waals surface area contributed by atoms with E-state index in [1.165, 1.54) is 0 Å². The van der Waals surface area contributed by atoms with Gasteiger partial charge in [0.15, 0.2) is 0 Å². The lowest BCUT2D eigenvalue weighted by Crippen LogP contribution is -2.05. The molecule has 0 radical (unpaired) electrons. The number of hydrogen-bond acceptors (Lipinski definition) is 5. The number of nitrogens with zero attached hydrogens (tertiary/aromatic N) is 2. The molecule has 0 saturated heterocycles. The molecular formula is C8H11N3O4. The molecule has 82 valence electrons. The molecule has 0 bridgehead atoms. The highest BCUT2D eigenvalue weighted by atomic mass is 16.6. The van der Waals surface area contributed by atoms with E-state index in [1.807, 2.05) is 13.8 Å². The lowest BCUT2D eigenvalue weighted by atomic mass is 10.2. The van der Waals surface area contributed by atoms with Crippen LogP contribution in [0, 0.1) is 10.1 Å². The molecule has 1 heterocycles. The van der Waals surface area contributed by atoms with Crippen LogP contribution in [0.5, 0.6) is 0 Å². The van der Waals surface area contributed by atoms with Crippen LogP contribution in [0.25, 0.3) is 0 Å².